The SMILES string of the molecule is CC(C(=O)NCc1nc(C(F)(F)F)nn1-c1cccc(Cl)c1)c1ccc2cc(O)ccc2c1. The molecule has 170 valence electrons. The first-order valence-electron chi connectivity index (χ1n) is 9.91. The van der Waals surface area contributed by atoms with E-state index >= 15 is 0 Å². The zero-order chi connectivity index (χ0) is 23.8. The van der Waals surface area contributed by atoms with Gasteiger partial charge in [-0.3, -0.25) is 4.79 Å². The van der Waals surface area contributed by atoms with Gasteiger partial charge in [-0.25, -0.2) is 9.67 Å². The highest BCUT2D eigenvalue weighted by atomic mass is 35.5. The second kappa shape index (κ2) is 8.74. The maximum Gasteiger partial charge on any atom is 0.453 e. The van der Waals surface area contributed by atoms with Gasteiger partial charge in [0.05, 0.1) is 18.2 Å². The van der Waals surface area contributed by atoms with Crippen molar-refractivity contribution in [2.24, 2.45) is 0 Å². The van der Waals surface area contributed by atoms with Gasteiger partial charge in [0.25, 0.3) is 5.82 Å². The van der Waals surface area contributed by atoms with Crippen LogP contribution >= 0.6 is 11.6 Å². The summed E-state index contributed by atoms with van der Waals surface area (Å²) >= 11 is 5.96. The van der Waals surface area contributed by atoms with E-state index < -0.39 is 17.9 Å². The van der Waals surface area contributed by atoms with Crippen LogP contribution in [-0.2, 0) is 17.5 Å². The van der Waals surface area contributed by atoms with E-state index in [1.54, 1.807) is 55.5 Å². The fourth-order valence-corrected chi connectivity index (χ4v) is 3.57. The molecule has 4 aromatic rings. The number of carbonyl (C=O) groups is 1. The minimum Gasteiger partial charge on any atom is -0.508 e. The molecular formula is C23H18ClF3N4O2. The van der Waals surface area contributed by atoms with Crippen LogP contribution in [0.4, 0.5) is 13.2 Å². The first kappa shape index (κ1) is 22.6. The third-order valence-corrected chi connectivity index (χ3v) is 5.38. The van der Waals surface area contributed by atoms with Crippen LogP contribution in [0.5, 0.6) is 5.75 Å². The van der Waals surface area contributed by atoms with Crippen molar-refractivity contribution in [3.8, 4) is 11.4 Å². The quantitative estimate of drug-likeness (QED) is 0.415. The summed E-state index contributed by atoms with van der Waals surface area (Å²) in [5, 5.41) is 17.8. The summed E-state index contributed by atoms with van der Waals surface area (Å²) in [5.74, 6) is -2.21. The van der Waals surface area contributed by atoms with Crippen molar-refractivity contribution in [2.75, 3.05) is 0 Å². The molecule has 1 heterocycles. The number of rotatable bonds is 5. The normalized spacial score (nSPS) is 12.6. The van der Waals surface area contributed by atoms with Gasteiger partial charge in [-0.1, -0.05) is 41.9 Å². The molecule has 1 amide bonds. The third-order valence-electron chi connectivity index (χ3n) is 5.14. The molecule has 0 radical (unpaired) electrons. The van der Waals surface area contributed by atoms with Crippen molar-refractivity contribution < 1.29 is 23.1 Å². The summed E-state index contributed by atoms with van der Waals surface area (Å²) in [5.41, 5.74) is 1.01. The zero-order valence-corrected chi connectivity index (χ0v) is 18.0. The Morgan fingerprint density at radius 2 is 1.85 bits per heavy atom. The number of fused-ring (bicyclic) bond motifs is 1. The lowest BCUT2D eigenvalue weighted by Gasteiger charge is -2.14. The smallest absolute Gasteiger partial charge is 0.453 e. The molecule has 0 spiro atoms. The number of nitrogens with one attached hydrogen (secondary N) is 1. The molecule has 1 aromatic heterocycles. The Balaban J connectivity index is 1.56. The highest BCUT2D eigenvalue weighted by Crippen LogP contribution is 2.28. The number of hydrogen-bond donors (Lipinski definition) is 2. The van der Waals surface area contributed by atoms with Gasteiger partial charge in [0, 0.05) is 5.02 Å². The minimum absolute atomic E-state index is 0.0841. The summed E-state index contributed by atoms with van der Waals surface area (Å²) in [6.07, 6.45) is -4.74. The number of halogens is 4. The molecule has 0 aliphatic heterocycles. The number of aromatic hydroxyl groups is 1. The first-order chi connectivity index (χ1) is 15.6. The Hall–Kier alpha value is -3.59. The maximum atomic E-state index is 13.2. The maximum absolute atomic E-state index is 13.2. The predicted molar refractivity (Wildman–Crippen MR) is 117 cm³/mol. The van der Waals surface area contributed by atoms with Crippen LogP contribution in [0.2, 0.25) is 5.02 Å². The van der Waals surface area contributed by atoms with E-state index in [0.717, 1.165) is 21.0 Å². The van der Waals surface area contributed by atoms with Crippen molar-refractivity contribution in [3.05, 3.63) is 82.9 Å². The number of phenols is 1. The number of amides is 1. The van der Waals surface area contributed by atoms with Crippen LogP contribution < -0.4 is 5.32 Å². The average Bonchev–Trinajstić information content (AvgIpc) is 3.21. The fourth-order valence-electron chi connectivity index (χ4n) is 3.39. The van der Waals surface area contributed by atoms with Gasteiger partial charge in [0.15, 0.2) is 5.82 Å². The molecule has 0 saturated carbocycles. The molecular weight excluding hydrogens is 457 g/mol. The average molecular weight is 475 g/mol. The van der Waals surface area contributed by atoms with Crippen LogP contribution in [0, 0.1) is 0 Å². The van der Waals surface area contributed by atoms with Crippen molar-refractivity contribution in [1.29, 1.82) is 0 Å². The van der Waals surface area contributed by atoms with E-state index in [1.165, 1.54) is 6.07 Å². The molecule has 33 heavy (non-hydrogen) atoms. The molecule has 1 atom stereocenters. The second-order valence-electron chi connectivity index (χ2n) is 7.47. The Bertz CT molecular complexity index is 1340. The lowest BCUT2D eigenvalue weighted by Crippen LogP contribution is -2.28. The van der Waals surface area contributed by atoms with Crippen molar-refractivity contribution in [3.63, 3.8) is 0 Å². The number of carbonyl (C=O) groups excluding carboxylic acids is 1. The molecule has 6 nitrogen and oxygen atoms in total. The highest BCUT2D eigenvalue weighted by molar-refractivity contribution is 6.30. The Morgan fingerprint density at radius 1 is 1.12 bits per heavy atom. The van der Waals surface area contributed by atoms with Gasteiger partial charge in [-0.2, -0.15) is 13.2 Å². The monoisotopic (exact) mass is 474 g/mol. The number of alkyl halides is 3. The highest BCUT2D eigenvalue weighted by Gasteiger charge is 2.37. The predicted octanol–water partition coefficient (Wildman–Crippen LogP) is 5.22. The zero-order valence-electron chi connectivity index (χ0n) is 17.3. The number of nitrogens with zero attached hydrogens (tertiary/aromatic N) is 3. The molecule has 0 aliphatic rings. The third kappa shape index (κ3) is 4.93. The minimum atomic E-state index is -4.74. The van der Waals surface area contributed by atoms with E-state index in [-0.39, 0.29) is 24.0 Å². The van der Waals surface area contributed by atoms with E-state index in [9.17, 15) is 23.1 Å². The molecule has 0 bridgehead atoms. The van der Waals surface area contributed by atoms with Gasteiger partial charge in [-0.15, -0.1) is 5.10 Å². The van der Waals surface area contributed by atoms with Gasteiger partial charge in [0.1, 0.15) is 5.75 Å². The van der Waals surface area contributed by atoms with E-state index in [2.05, 4.69) is 15.4 Å². The fraction of sp³-hybridized carbons (Fsp3) is 0.174. The van der Waals surface area contributed by atoms with Crippen LogP contribution in [0.1, 0.15) is 30.1 Å². The number of hydrogen-bond acceptors (Lipinski definition) is 4. The second-order valence-corrected chi connectivity index (χ2v) is 7.91. The van der Waals surface area contributed by atoms with Crippen molar-refractivity contribution in [1.82, 2.24) is 20.1 Å². The molecule has 3 aromatic carbocycles. The Labute approximate surface area is 191 Å². The van der Waals surface area contributed by atoms with Crippen LogP contribution in [0.3, 0.4) is 0 Å². The van der Waals surface area contributed by atoms with Gasteiger partial charge in [-0.05, 0) is 53.6 Å². The lowest BCUT2D eigenvalue weighted by atomic mass is 9.97. The molecule has 10 heteroatoms. The van der Waals surface area contributed by atoms with E-state index in [0.29, 0.717) is 10.7 Å². The molecule has 0 aliphatic carbocycles. The largest absolute Gasteiger partial charge is 0.508 e. The standard InChI is InChI=1S/C23H18ClF3N4O2/c1-13(14-5-6-16-10-19(32)8-7-15(16)9-14)21(33)28-12-20-29-22(23(25,26)27)30-31(20)18-4-2-3-17(24)11-18/h2-11,13,32H,12H2,1H3,(H,28,33). The summed E-state index contributed by atoms with van der Waals surface area (Å²) in [6.45, 7) is 1.43. The summed E-state index contributed by atoms with van der Waals surface area (Å²) in [4.78, 5) is 16.3. The lowest BCUT2D eigenvalue weighted by molar-refractivity contribution is -0.144. The van der Waals surface area contributed by atoms with Crippen molar-refractivity contribution >= 4 is 28.3 Å². The first-order valence-corrected chi connectivity index (χ1v) is 10.3. The summed E-state index contributed by atoms with van der Waals surface area (Å²) in [6, 6.07) is 16.5. The molecule has 0 fully saturated rings. The summed E-state index contributed by atoms with van der Waals surface area (Å²) in [7, 11) is 0. The molecule has 2 N–H and O–H groups in total. The van der Waals surface area contributed by atoms with Gasteiger partial charge in [0.2, 0.25) is 5.91 Å². The van der Waals surface area contributed by atoms with Crippen LogP contribution in [-0.4, -0.2) is 25.8 Å². The molecule has 4 rings (SSSR count). The Morgan fingerprint density at radius 3 is 2.58 bits per heavy atom. The Kier molecular flexibility index (Phi) is 5.99. The summed E-state index contributed by atoms with van der Waals surface area (Å²) < 4.78 is 40.6. The van der Waals surface area contributed by atoms with E-state index in [1.807, 2.05) is 6.07 Å². The van der Waals surface area contributed by atoms with Gasteiger partial charge >= 0.3 is 6.18 Å². The van der Waals surface area contributed by atoms with Gasteiger partial charge < -0.3 is 10.4 Å². The number of benzene rings is 3. The molecule has 1 unspecified atom stereocenters. The molecule has 0 saturated heterocycles. The van der Waals surface area contributed by atoms with Crippen molar-refractivity contribution in [2.45, 2.75) is 25.6 Å². The van der Waals surface area contributed by atoms with Crippen LogP contribution in [0.15, 0.2) is 60.7 Å². The van der Waals surface area contributed by atoms with Crippen LogP contribution in [0.25, 0.3) is 16.5 Å². The van der Waals surface area contributed by atoms with E-state index in [4.69, 9.17) is 11.6 Å². The topological polar surface area (TPSA) is 80.0 Å². The number of aromatic nitrogens is 3. The number of phenolic OH excluding ortho intramolecular Hbond substituents is 1.